The Balaban J connectivity index is 2.32. The van der Waals surface area contributed by atoms with Gasteiger partial charge in [0, 0.05) is 13.0 Å². The summed E-state index contributed by atoms with van der Waals surface area (Å²) in [7, 11) is 0. The first-order valence-corrected chi connectivity index (χ1v) is 3.69. The van der Waals surface area contributed by atoms with Crippen LogP contribution in [-0.2, 0) is 19.6 Å². The third kappa shape index (κ3) is 1.15. The second kappa shape index (κ2) is 2.64. The molecule has 1 aromatic heterocycles. The van der Waals surface area contributed by atoms with Gasteiger partial charge in [-0.25, -0.2) is 4.98 Å². The van der Waals surface area contributed by atoms with Crippen molar-refractivity contribution in [3.63, 3.8) is 0 Å². The lowest BCUT2D eigenvalue weighted by molar-refractivity contribution is 0.236. The minimum atomic E-state index is -0.104. The van der Waals surface area contributed by atoms with E-state index in [0.717, 1.165) is 31.0 Å². The van der Waals surface area contributed by atoms with Crippen molar-refractivity contribution in [3.8, 4) is 0 Å². The lowest BCUT2D eigenvalue weighted by Crippen LogP contribution is -2.22. The van der Waals surface area contributed by atoms with Gasteiger partial charge in [-0.1, -0.05) is 0 Å². The second-order valence-electron chi connectivity index (χ2n) is 2.56. The van der Waals surface area contributed by atoms with Gasteiger partial charge in [0.25, 0.3) is 0 Å². The highest BCUT2D eigenvalue weighted by molar-refractivity contribution is 5.12. The molecule has 60 valence electrons. The van der Waals surface area contributed by atoms with E-state index in [-0.39, 0.29) is 6.61 Å². The predicted octanol–water partition coefficient (Wildman–Crippen LogP) is -0.187. The summed E-state index contributed by atoms with van der Waals surface area (Å²) >= 11 is 0. The van der Waals surface area contributed by atoms with Gasteiger partial charge in [0.15, 0.2) is 0 Å². The average Bonchev–Trinajstić information content (AvgIpc) is 2.46. The fourth-order valence-electron chi connectivity index (χ4n) is 1.25. The number of hydrogen-bond acceptors (Lipinski definition) is 4. The molecule has 0 unspecified atom stereocenters. The Labute approximate surface area is 64.2 Å². The second-order valence-corrected chi connectivity index (χ2v) is 2.56. The Bertz CT molecular complexity index is 233. The highest BCUT2D eigenvalue weighted by Crippen LogP contribution is 2.14. The molecule has 2 rings (SSSR count). The van der Waals surface area contributed by atoms with Crippen LogP contribution in [0.15, 0.2) is 4.42 Å². The van der Waals surface area contributed by atoms with Crippen molar-refractivity contribution in [1.82, 2.24) is 10.3 Å². The molecule has 2 heterocycles. The Morgan fingerprint density at radius 1 is 1.64 bits per heavy atom. The number of aliphatic hydroxyl groups is 1. The number of rotatable bonds is 1. The van der Waals surface area contributed by atoms with Gasteiger partial charge in [-0.05, 0) is 0 Å². The van der Waals surface area contributed by atoms with Crippen LogP contribution < -0.4 is 5.32 Å². The van der Waals surface area contributed by atoms with Gasteiger partial charge in [-0.3, -0.25) is 0 Å². The lowest BCUT2D eigenvalue weighted by atomic mass is 10.2. The number of nitrogens with one attached hydrogen (secondary N) is 1. The number of nitrogens with zero attached hydrogens (tertiary/aromatic N) is 1. The first-order valence-electron chi connectivity index (χ1n) is 3.69. The molecule has 1 aliphatic heterocycles. The number of oxazole rings is 1. The van der Waals surface area contributed by atoms with E-state index >= 15 is 0 Å². The summed E-state index contributed by atoms with van der Waals surface area (Å²) in [6.45, 7) is 1.58. The molecule has 0 saturated carbocycles. The Morgan fingerprint density at radius 2 is 2.55 bits per heavy atom. The number of fused-ring (bicyclic) bond motifs is 1. The van der Waals surface area contributed by atoms with E-state index in [1.807, 2.05) is 0 Å². The smallest absolute Gasteiger partial charge is 0.220 e. The SMILES string of the molecule is OCc1nc2c(o1)CNCC2. The Morgan fingerprint density at radius 3 is 3.27 bits per heavy atom. The van der Waals surface area contributed by atoms with Crippen LogP contribution in [0.25, 0.3) is 0 Å². The van der Waals surface area contributed by atoms with Crippen molar-refractivity contribution in [2.45, 2.75) is 19.6 Å². The zero-order valence-corrected chi connectivity index (χ0v) is 6.13. The fourth-order valence-corrected chi connectivity index (χ4v) is 1.25. The molecule has 0 spiro atoms. The normalized spacial score (nSPS) is 16.5. The van der Waals surface area contributed by atoms with E-state index in [1.54, 1.807) is 0 Å². The van der Waals surface area contributed by atoms with E-state index in [0.29, 0.717) is 5.89 Å². The van der Waals surface area contributed by atoms with Crippen LogP contribution in [0.1, 0.15) is 17.3 Å². The van der Waals surface area contributed by atoms with Gasteiger partial charge in [0.05, 0.1) is 12.2 Å². The molecule has 0 aromatic carbocycles. The summed E-state index contributed by atoms with van der Waals surface area (Å²) in [4.78, 5) is 4.11. The largest absolute Gasteiger partial charge is 0.442 e. The summed E-state index contributed by atoms with van der Waals surface area (Å²) in [6.07, 6.45) is 0.902. The van der Waals surface area contributed by atoms with Crippen molar-refractivity contribution >= 4 is 0 Å². The van der Waals surface area contributed by atoms with Crippen molar-refractivity contribution < 1.29 is 9.52 Å². The average molecular weight is 154 g/mol. The zero-order chi connectivity index (χ0) is 7.68. The standard InChI is InChI=1S/C7H10N2O2/c10-4-7-9-5-1-2-8-3-6(5)11-7/h8,10H,1-4H2. The minimum absolute atomic E-state index is 0.104. The maximum Gasteiger partial charge on any atom is 0.220 e. The maximum atomic E-state index is 8.71. The molecule has 4 heteroatoms. The van der Waals surface area contributed by atoms with Crippen LogP contribution >= 0.6 is 0 Å². The molecule has 0 saturated heterocycles. The van der Waals surface area contributed by atoms with E-state index < -0.39 is 0 Å². The Kier molecular flexibility index (Phi) is 1.63. The van der Waals surface area contributed by atoms with Crippen molar-refractivity contribution in [1.29, 1.82) is 0 Å². The number of hydrogen-bond donors (Lipinski definition) is 2. The molecule has 0 atom stereocenters. The first kappa shape index (κ1) is 6.82. The quantitative estimate of drug-likeness (QED) is 0.588. The van der Waals surface area contributed by atoms with Crippen LogP contribution in [0.4, 0.5) is 0 Å². The minimum Gasteiger partial charge on any atom is -0.442 e. The van der Waals surface area contributed by atoms with Gasteiger partial charge in [-0.15, -0.1) is 0 Å². The fraction of sp³-hybridized carbons (Fsp3) is 0.571. The van der Waals surface area contributed by atoms with Gasteiger partial charge < -0.3 is 14.8 Å². The Hall–Kier alpha value is -0.870. The molecule has 0 amide bonds. The molecule has 4 nitrogen and oxygen atoms in total. The molecule has 2 N–H and O–H groups in total. The third-order valence-electron chi connectivity index (χ3n) is 1.78. The maximum absolute atomic E-state index is 8.71. The van der Waals surface area contributed by atoms with Crippen LogP contribution in [0.3, 0.4) is 0 Å². The van der Waals surface area contributed by atoms with Crippen LogP contribution in [0.2, 0.25) is 0 Å². The zero-order valence-electron chi connectivity index (χ0n) is 6.13. The van der Waals surface area contributed by atoms with Crippen LogP contribution in [0.5, 0.6) is 0 Å². The summed E-state index contributed by atoms with van der Waals surface area (Å²) in [5.74, 6) is 1.30. The van der Waals surface area contributed by atoms with Crippen LogP contribution in [-0.4, -0.2) is 16.6 Å². The molecule has 0 bridgehead atoms. The third-order valence-corrected chi connectivity index (χ3v) is 1.78. The number of aromatic nitrogens is 1. The monoisotopic (exact) mass is 154 g/mol. The summed E-state index contributed by atoms with van der Waals surface area (Å²) < 4.78 is 5.23. The van der Waals surface area contributed by atoms with E-state index in [2.05, 4.69) is 10.3 Å². The number of aliphatic hydroxyl groups excluding tert-OH is 1. The van der Waals surface area contributed by atoms with E-state index in [1.165, 1.54) is 0 Å². The molecular weight excluding hydrogens is 144 g/mol. The van der Waals surface area contributed by atoms with Crippen molar-refractivity contribution in [3.05, 3.63) is 17.3 Å². The van der Waals surface area contributed by atoms with Crippen molar-refractivity contribution in [2.75, 3.05) is 6.54 Å². The van der Waals surface area contributed by atoms with Crippen molar-refractivity contribution in [2.24, 2.45) is 0 Å². The summed E-state index contributed by atoms with van der Waals surface area (Å²) in [6, 6.07) is 0. The van der Waals surface area contributed by atoms with Gasteiger partial charge in [-0.2, -0.15) is 0 Å². The molecule has 11 heavy (non-hydrogen) atoms. The highest BCUT2D eigenvalue weighted by atomic mass is 16.4. The van der Waals surface area contributed by atoms with Crippen LogP contribution in [0, 0.1) is 0 Å². The summed E-state index contributed by atoms with van der Waals surface area (Å²) in [5, 5.41) is 11.9. The predicted molar refractivity (Wildman–Crippen MR) is 37.8 cm³/mol. The van der Waals surface area contributed by atoms with E-state index in [4.69, 9.17) is 9.52 Å². The highest BCUT2D eigenvalue weighted by Gasteiger charge is 2.15. The topological polar surface area (TPSA) is 58.3 Å². The molecule has 0 aliphatic carbocycles. The molecule has 1 aromatic rings. The molecule has 0 radical (unpaired) electrons. The molecule has 1 aliphatic rings. The first-order chi connectivity index (χ1) is 5.40. The molecule has 0 fully saturated rings. The van der Waals surface area contributed by atoms with E-state index in [9.17, 15) is 0 Å². The van der Waals surface area contributed by atoms with Gasteiger partial charge in [0.1, 0.15) is 12.4 Å². The lowest BCUT2D eigenvalue weighted by Gasteiger charge is -2.08. The summed E-state index contributed by atoms with van der Waals surface area (Å²) in [5.41, 5.74) is 0.993. The van der Waals surface area contributed by atoms with Gasteiger partial charge in [0.2, 0.25) is 5.89 Å². The van der Waals surface area contributed by atoms with Gasteiger partial charge >= 0.3 is 0 Å². The molecular formula is C7H10N2O2.